The van der Waals surface area contributed by atoms with E-state index in [0.29, 0.717) is 12.5 Å². The van der Waals surface area contributed by atoms with Crippen LogP contribution in [0.2, 0.25) is 0 Å². The number of aliphatic hydroxyl groups excluding tert-OH is 1. The molecule has 0 amide bonds. The summed E-state index contributed by atoms with van der Waals surface area (Å²) in [6.07, 6.45) is 3.76. The zero-order chi connectivity index (χ0) is 11.6. The molecule has 0 radical (unpaired) electrons. The molecular formula is C10H20N2O3S. The molecule has 1 saturated heterocycles. The van der Waals surface area contributed by atoms with Gasteiger partial charge in [0.1, 0.15) is 0 Å². The summed E-state index contributed by atoms with van der Waals surface area (Å²) in [5, 5.41) is 8.61. The van der Waals surface area contributed by atoms with Gasteiger partial charge in [0.05, 0.1) is 5.75 Å². The number of nitrogens with one attached hydrogen (secondary N) is 1. The largest absolute Gasteiger partial charge is 0.396 e. The van der Waals surface area contributed by atoms with Crippen LogP contribution < -0.4 is 4.72 Å². The molecule has 1 atom stereocenters. The van der Waals surface area contributed by atoms with Gasteiger partial charge in [-0.1, -0.05) is 0 Å². The molecule has 0 spiro atoms. The van der Waals surface area contributed by atoms with Crippen molar-refractivity contribution in [2.24, 2.45) is 0 Å². The van der Waals surface area contributed by atoms with Crippen LogP contribution in [0.3, 0.4) is 0 Å². The van der Waals surface area contributed by atoms with Gasteiger partial charge in [-0.3, -0.25) is 4.90 Å². The van der Waals surface area contributed by atoms with E-state index in [1.807, 2.05) is 0 Å². The van der Waals surface area contributed by atoms with E-state index in [1.54, 1.807) is 0 Å². The standard InChI is InChI=1S/C10H20N2O3S/c13-6-1-7-16(14,15)11-9-4-5-12(8-9)10-2-3-10/h9-11,13H,1-8H2. The minimum atomic E-state index is -3.19. The highest BCUT2D eigenvalue weighted by Gasteiger charge is 2.35. The fourth-order valence-electron chi connectivity index (χ4n) is 2.22. The summed E-state index contributed by atoms with van der Waals surface area (Å²) < 4.78 is 25.9. The highest BCUT2D eigenvalue weighted by atomic mass is 32.2. The van der Waals surface area contributed by atoms with E-state index >= 15 is 0 Å². The number of hydrogen-bond donors (Lipinski definition) is 2. The van der Waals surface area contributed by atoms with Crippen molar-refractivity contribution < 1.29 is 13.5 Å². The van der Waals surface area contributed by atoms with E-state index < -0.39 is 10.0 Å². The normalized spacial score (nSPS) is 27.4. The minimum Gasteiger partial charge on any atom is -0.396 e. The van der Waals surface area contributed by atoms with Crippen molar-refractivity contribution in [1.29, 1.82) is 0 Å². The van der Waals surface area contributed by atoms with Crippen molar-refractivity contribution >= 4 is 10.0 Å². The van der Waals surface area contributed by atoms with Crippen molar-refractivity contribution in [1.82, 2.24) is 9.62 Å². The summed E-state index contributed by atoms with van der Waals surface area (Å²) >= 11 is 0. The third kappa shape index (κ3) is 3.41. The van der Waals surface area contributed by atoms with E-state index in [0.717, 1.165) is 19.5 Å². The van der Waals surface area contributed by atoms with E-state index in [-0.39, 0.29) is 18.4 Å². The monoisotopic (exact) mass is 248 g/mol. The van der Waals surface area contributed by atoms with Crippen LogP contribution in [0.25, 0.3) is 0 Å². The third-order valence-electron chi connectivity index (χ3n) is 3.20. The van der Waals surface area contributed by atoms with Gasteiger partial charge >= 0.3 is 0 Å². The predicted octanol–water partition coefficient (Wildman–Crippen LogP) is -0.475. The van der Waals surface area contributed by atoms with Crippen molar-refractivity contribution in [3.8, 4) is 0 Å². The van der Waals surface area contributed by atoms with Gasteiger partial charge in [0.15, 0.2) is 0 Å². The average molecular weight is 248 g/mol. The molecule has 0 aromatic carbocycles. The summed E-state index contributed by atoms with van der Waals surface area (Å²) in [5.41, 5.74) is 0. The first kappa shape index (κ1) is 12.3. The number of nitrogens with zero attached hydrogens (tertiary/aromatic N) is 1. The molecule has 0 bridgehead atoms. The fourth-order valence-corrected chi connectivity index (χ4v) is 3.55. The Morgan fingerprint density at radius 3 is 2.69 bits per heavy atom. The number of aliphatic hydroxyl groups is 1. The lowest BCUT2D eigenvalue weighted by Gasteiger charge is -2.15. The van der Waals surface area contributed by atoms with Crippen molar-refractivity contribution in [3.05, 3.63) is 0 Å². The molecule has 0 aromatic rings. The Kier molecular flexibility index (Phi) is 3.84. The summed E-state index contributed by atoms with van der Waals surface area (Å²) in [6, 6.07) is 0.788. The Labute approximate surface area is 96.9 Å². The molecule has 16 heavy (non-hydrogen) atoms. The van der Waals surface area contributed by atoms with Gasteiger partial charge in [-0.05, 0) is 25.7 Å². The van der Waals surface area contributed by atoms with Crippen LogP contribution in [0.4, 0.5) is 0 Å². The quantitative estimate of drug-likeness (QED) is 0.666. The molecule has 1 saturated carbocycles. The maximum Gasteiger partial charge on any atom is 0.211 e. The molecule has 1 aliphatic heterocycles. The lowest BCUT2D eigenvalue weighted by Crippen LogP contribution is -2.38. The Balaban J connectivity index is 1.77. The van der Waals surface area contributed by atoms with Gasteiger partial charge in [-0.15, -0.1) is 0 Å². The lowest BCUT2D eigenvalue weighted by atomic mass is 10.3. The van der Waals surface area contributed by atoms with Gasteiger partial charge in [0, 0.05) is 31.8 Å². The molecule has 5 nitrogen and oxygen atoms in total. The number of sulfonamides is 1. The van der Waals surface area contributed by atoms with Crippen LogP contribution in [0, 0.1) is 0 Å². The van der Waals surface area contributed by atoms with Crippen LogP contribution >= 0.6 is 0 Å². The molecule has 0 aromatic heterocycles. The molecule has 6 heteroatoms. The fraction of sp³-hybridized carbons (Fsp3) is 1.00. The molecule has 1 heterocycles. The van der Waals surface area contributed by atoms with Crippen molar-refractivity contribution in [2.75, 3.05) is 25.4 Å². The van der Waals surface area contributed by atoms with Crippen LogP contribution in [0.1, 0.15) is 25.7 Å². The SMILES string of the molecule is O=S(=O)(CCCO)NC1CCN(C2CC2)C1. The van der Waals surface area contributed by atoms with Crippen LogP contribution in [0.15, 0.2) is 0 Å². The summed E-state index contributed by atoms with van der Waals surface area (Å²) in [7, 11) is -3.19. The van der Waals surface area contributed by atoms with Crippen LogP contribution in [0.5, 0.6) is 0 Å². The van der Waals surface area contributed by atoms with Gasteiger partial charge in [-0.2, -0.15) is 0 Å². The molecule has 94 valence electrons. The number of likely N-dealkylation sites (tertiary alicyclic amines) is 1. The average Bonchev–Trinajstić information content (AvgIpc) is 2.98. The van der Waals surface area contributed by atoms with Gasteiger partial charge in [0.2, 0.25) is 10.0 Å². The van der Waals surface area contributed by atoms with Gasteiger partial charge in [-0.25, -0.2) is 13.1 Å². The first-order chi connectivity index (χ1) is 7.61. The highest BCUT2D eigenvalue weighted by molar-refractivity contribution is 7.89. The Bertz CT molecular complexity index is 327. The van der Waals surface area contributed by atoms with E-state index in [4.69, 9.17) is 5.11 Å². The predicted molar refractivity (Wildman–Crippen MR) is 61.6 cm³/mol. The van der Waals surface area contributed by atoms with Crippen molar-refractivity contribution in [2.45, 2.75) is 37.8 Å². The van der Waals surface area contributed by atoms with Gasteiger partial charge in [0.25, 0.3) is 0 Å². The smallest absolute Gasteiger partial charge is 0.211 e. The highest BCUT2D eigenvalue weighted by Crippen LogP contribution is 2.29. The van der Waals surface area contributed by atoms with E-state index in [9.17, 15) is 8.42 Å². The lowest BCUT2D eigenvalue weighted by molar-refractivity contribution is 0.295. The molecule has 2 fully saturated rings. The second kappa shape index (κ2) is 5.00. The molecular weight excluding hydrogens is 228 g/mol. The molecule has 2 rings (SSSR count). The topological polar surface area (TPSA) is 69.6 Å². The van der Waals surface area contributed by atoms with Crippen molar-refractivity contribution in [3.63, 3.8) is 0 Å². The number of rotatable bonds is 6. The minimum absolute atomic E-state index is 0.0312. The second-order valence-electron chi connectivity index (χ2n) is 4.73. The van der Waals surface area contributed by atoms with E-state index in [2.05, 4.69) is 9.62 Å². The third-order valence-corrected chi connectivity index (χ3v) is 4.72. The van der Waals surface area contributed by atoms with Crippen LogP contribution in [-0.2, 0) is 10.0 Å². The molecule has 1 aliphatic carbocycles. The maximum absolute atomic E-state index is 11.6. The van der Waals surface area contributed by atoms with E-state index in [1.165, 1.54) is 12.8 Å². The number of hydrogen-bond acceptors (Lipinski definition) is 4. The van der Waals surface area contributed by atoms with Gasteiger partial charge < -0.3 is 5.11 Å². The van der Waals surface area contributed by atoms with Crippen LogP contribution in [-0.4, -0.2) is 56.0 Å². The Morgan fingerprint density at radius 2 is 2.06 bits per heavy atom. The molecule has 2 N–H and O–H groups in total. The second-order valence-corrected chi connectivity index (χ2v) is 6.60. The maximum atomic E-state index is 11.6. The summed E-state index contributed by atoms with van der Waals surface area (Å²) in [6.45, 7) is 1.79. The summed E-state index contributed by atoms with van der Waals surface area (Å²) in [5.74, 6) is 0.0312. The Morgan fingerprint density at radius 1 is 1.31 bits per heavy atom. The zero-order valence-corrected chi connectivity index (χ0v) is 10.2. The Hall–Kier alpha value is -0.170. The first-order valence-corrected chi connectivity index (χ1v) is 7.61. The summed E-state index contributed by atoms with van der Waals surface area (Å²) in [4.78, 5) is 2.37. The zero-order valence-electron chi connectivity index (χ0n) is 9.43. The first-order valence-electron chi connectivity index (χ1n) is 5.95. The molecule has 2 aliphatic rings. The molecule has 1 unspecified atom stereocenters.